The summed E-state index contributed by atoms with van der Waals surface area (Å²) in [5.74, 6) is -0.214. The molecular formula is C14H22ClN3O3S. The Morgan fingerprint density at radius 3 is 2.50 bits per heavy atom. The first-order chi connectivity index (χ1) is 9.90. The molecule has 1 saturated heterocycles. The fourth-order valence-electron chi connectivity index (χ4n) is 2.28. The lowest BCUT2D eigenvalue weighted by Crippen LogP contribution is -2.42. The molecule has 124 valence electrons. The summed E-state index contributed by atoms with van der Waals surface area (Å²) in [6, 6.07) is 6.09. The minimum atomic E-state index is -3.59. The molecule has 1 aliphatic rings. The maximum absolute atomic E-state index is 12.4. The number of hydrogen-bond donors (Lipinski definition) is 2. The van der Waals surface area contributed by atoms with Crippen molar-refractivity contribution in [3.8, 4) is 0 Å². The van der Waals surface area contributed by atoms with E-state index in [1.54, 1.807) is 26.2 Å². The SMILES string of the molecule is CN(C)C(=O)c1cccc(S(=O)(=O)NC2CCNCC2)c1.Cl. The van der Waals surface area contributed by atoms with Crippen LogP contribution in [0.5, 0.6) is 0 Å². The third kappa shape index (κ3) is 4.67. The van der Waals surface area contributed by atoms with Crippen LogP contribution in [0, 0.1) is 0 Å². The Labute approximate surface area is 137 Å². The number of carbonyl (C=O) groups is 1. The van der Waals surface area contributed by atoms with E-state index >= 15 is 0 Å². The zero-order valence-corrected chi connectivity index (χ0v) is 14.3. The van der Waals surface area contributed by atoms with E-state index in [-0.39, 0.29) is 29.3 Å². The monoisotopic (exact) mass is 347 g/mol. The van der Waals surface area contributed by atoms with Crippen LogP contribution < -0.4 is 10.0 Å². The molecule has 1 aromatic carbocycles. The highest BCUT2D eigenvalue weighted by atomic mass is 35.5. The van der Waals surface area contributed by atoms with Crippen LogP contribution >= 0.6 is 12.4 Å². The van der Waals surface area contributed by atoms with E-state index in [2.05, 4.69) is 10.0 Å². The Kier molecular flexibility index (Phi) is 6.80. The van der Waals surface area contributed by atoms with Crippen LogP contribution in [0.1, 0.15) is 23.2 Å². The topological polar surface area (TPSA) is 78.5 Å². The van der Waals surface area contributed by atoms with Crippen molar-refractivity contribution in [2.75, 3.05) is 27.2 Å². The minimum Gasteiger partial charge on any atom is -0.345 e. The van der Waals surface area contributed by atoms with Gasteiger partial charge in [0.2, 0.25) is 10.0 Å². The van der Waals surface area contributed by atoms with Gasteiger partial charge in [-0.2, -0.15) is 0 Å². The quantitative estimate of drug-likeness (QED) is 0.846. The second kappa shape index (κ2) is 7.92. The number of benzene rings is 1. The maximum atomic E-state index is 12.4. The highest BCUT2D eigenvalue weighted by Crippen LogP contribution is 2.15. The molecule has 0 radical (unpaired) electrons. The lowest BCUT2D eigenvalue weighted by molar-refractivity contribution is 0.0827. The predicted octanol–water partition coefficient (Wildman–Crippen LogP) is 0.841. The van der Waals surface area contributed by atoms with Gasteiger partial charge < -0.3 is 10.2 Å². The van der Waals surface area contributed by atoms with Gasteiger partial charge in [-0.3, -0.25) is 4.79 Å². The number of halogens is 1. The van der Waals surface area contributed by atoms with Crippen molar-refractivity contribution in [3.63, 3.8) is 0 Å². The van der Waals surface area contributed by atoms with Crippen LogP contribution in [0.3, 0.4) is 0 Å². The highest BCUT2D eigenvalue weighted by Gasteiger charge is 2.22. The Balaban J connectivity index is 0.00000242. The largest absolute Gasteiger partial charge is 0.345 e. The van der Waals surface area contributed by atoms with Crippen molar-refractivity contribution in [1.29, 1.82) is 0 Å². The Morgan fingerprint density at radius 2 is 1.91 bits per heavy atom. The summed E-state index contributed by atoms with van der Waals surface area (Å²) in [6.45, 7) is 1.62. The Hall–Kier alpha value is -1.15. The average molecular weight is 348 g/mol. The van der Waals surface area contributed by atoms with Crippen LogP contribution in [-0.4, -0.2) is 52.5 Å². The summed E-state index contributed by atoms with van der Waals surface area (Å²) in [5.41, 5.74) is 0.369. The molecule has 1 heterocycles. The lowest BCUT2D eigenvalue weighted by Gasteiger charge is -2.23. The number of hydrogen-bond acceptors (Lipinski definition) is 4. The first kappa shape index (κ1) is 18.9. The third-order valence-corrected chi connectivity index (χ3v) is 4.98. The maximum Gasteiger partial charge on any atom is 0.253 e. The van der Waals surface area contributed by atoms with Gasteiger partial charge in [0.05, 0.1) is 4.90 Å². The van der Waals surface area contributed by atoms with E-state index in [1.165, 1.54) is 17.0 Å². The normalized spacial score (nSPS) is 15.9. The fraction of sp³-hybridized carbons (Fsp3) is 0.500. The molecule has 0 aliphatic carbocycles. The summed E-state index contributed by atoms with van der Waals surface area (Å²) < 4.78 is 27.5. The summed E-state index contributed by atoms with van der Waals surface area (Å²) in [7, 11) is -0.319. The summed E-state index contributed by atoms with van der Waals surface area (Å²) in [4.78, 5) is 13.5. The molecule has 2 N–H and O–H groups in total. The van der Waals surface area contributed by atoms with E-state index in [0.717, 1.165) is 25.9 Å². The van der Waals surface area contributed by atoms with Crippen molar-refractivity contribution in [2.45, 2.75) is 23.8 Å². The number of carbonyl (C=O) groups excluding carboxylic acids is 1. The zero-order chi connectivity index (χ0) is 15.5. The second-order valence-electron chi connectivity index (χ2n) is 5.37. The van der Waals surface area contributed by atoms with Crippen molar-refractivity contribution >= 4 is 28.3 Å². The third-order valence-electron chi connectivity index (χ3n) is 3.46. The van der Waals surface area contributed by atoms with E-state index in [0.29, 0.717) is 5.56 Å². The van der Waals surface area contributed by atoms with Gasteiger partial charge in [0.25, 0.3) is 5.91 Å². The van der Waals surface area contributed by atoms with Crippen LogP contribution in [-0.2, 0) is 10.0 Å². The molecule has 1 amide bonds. The molecule has 22 heavy (non-hydrogen) atoms. The molecule has 8 heteroatoms. The van der Waals surface area contributed by atoms with Crippen molar-refractivity contribution in [2.24, 2.45) is 0 Å². The Morgan fingerprint density at radius 1 is 1.27 bits per heavy atom. The van der Waals surface area contributed by atoms with Crippen LogP contribution in [0.25, 0.3) is 0 Å². The minimum absolute atomic E-state index is 0. The molecule has 6 nitrogen and oxygen atoms in total. The second-order valence-corrected chi connectivity index (χ2v) is 7.09. The Bertz CT molecular complexity index is 614. The molecule has 0 unspecified atom stereocenters. The first-order valence-corrected chi connectivity index (χ1v) is 8.43. The van der Waals surface area contributed by atoms with Crippen LogP contribution in [0.2, 0.25) is 0 Å². The summed E-state index contributed by atoms with van der Waals surface area (Å²) in [6.07, 6.45) is 1.55. The smallest absolute Gasteiger partial charge is 0.253 e. The fourth-order valence-corrected chi connectivity index (χ4v) is 3.63. The molecule has 0 atom stereocenters. The van der Waals surface area contributed by atoms with Gasteiger partial charge in [-0.05, 0) is 44.1 Å². The number of amides is 1. The van der Waals surface area contributed by atoms with Gasteiger partial charge in [0.1, 0.15) is 0 Å². The van der Waals surface area contributed by atoms with E-state index in [1.807, 2.05) is 0 Å². The van der Waals surface area contributed by atoms with E-state index in [4.69, 9.17) is 0 Å². The first-order valence-electron chi connectivity index (χ1n) is 6.95. The van der Waals surface area contributed by atoms with E-state index < -0.39 is 10.0 Å². The standard InChI is InChI=1S/C14H21N3O3S.ClH/c1-17(2)14(18)11-4-3-5-13(10-11)21(19,20)16-12-6-8-15-9-7-12;/h3-5,10,12,15-16H,6-9H2,1-2H3;1H. The highest BCUT2D eigenvalue weighted by molar-refractivity contribution is 7.89. The van der Waals surface area contributed by atoms with E-state index in [9.17, 15) is 13.2 Å². The summed E-state index contributed by atoms with van der Waals surface area (Å²) in [5, 5.41) is 3.19. The number of nitrogens with one attached hydrogen (secondary N) is 2. The molecule has 0 spiro atoms. The molecule has 2 rings (SSSR count). The van der Waals surface area contributed by atoms with Gasteiger partial charge in [0, 0.05) is 25.7 Å². The molecule has 0 bridgehead atoms. The molecule has 0 aromatic heterocycles. The van der Waals surface area contributed by atoms with Crippen molar-refractivity contribution in [3.05, 3.63) is 29.8 Å². The molecule has 1 aliphatic heterocycles. The van der Waals surface area contributed by atoms with Gasteiger partial charge >= 0.3 is 0 Å². The van der Waals surface area contributed by atoms with Gasteiger partial charge in [-0.15, -0.1) is 12.4 Å². The number of sulfonamides is 1. The number of piperidine rings is 1. The zero-order valence-electron chi connectivity index (χ0n) is 12.7. The van der Waals surface area contributed by atoms with Gasteiger partial charge in [0.15, 0.2) is 0 Å². The number of rotatable bonds is 4. The van der Waals surface area contributed by atoms with Crippen molar-refractivity contribution in [1.82, 2.24) is 14.9 Å². The van der Waals surface area contributed by atoms with Gasteiger partial charge in [-0.25, -0.2) is 13.1 Å². The lowest BCUT2D eigenvalue weighted by atomic mass is 10.1. The van der Waals surface area contributed by atoms with Crippen LogP contribution in [0.4, 0.5) is 0 Å². The summed E-state index contributed by atoms with van der Waals surface area (Å²) >= 11 is 0. The molecule has 1 fully saturated rings. The molecule has 1 aromatic rings. The molecular weight excluding hydrogens is 326 g/mol. The van der Waals surface area contributed by atoms with Crippen molar-refractivity contribution < 1.29 is 13.2 Å². The average Bonchev–Trinajstić information content (AvgIpc) is 2.47. The van der Waals surface area contributed by atoms with Gasteiger partial charge in [-0.1, -0.05) is 6.07 Å². The van der Waals surface area contributed by atoms with Crippen LogP contribution in [0.15, 0.2) is 29.2 Å². The number of nitrogens with zero attached hydrogens (tertiary/aromatic N) is 1. The predicted molar refractivity (Wildman–Crippen MR) is 87.9 cm³/mol. The molecule has 0 saturated carbocycles.